The number of nitrogens with zero attached hydrogens (tertiary/aromatic N) is 4. The maximum atomic E-state index is 13.1. The minimum absolute atomic E-state index is 0.169. The molecule has 0 aliphatic carbocycles. The van der Waals surface area contributed by atoms with Gasteiger partial charge in [-0.3, -0.25) is 4.79 Å². The van der Waals surface area contributed by atoms with E-state index in [4.69, 9.17) is 11.6 Å². The average molecular weight is 433 g/mol. The first-order valence-corrected chi connectivity index (χ1v) is 10.5. The van der Waals surface area contributed by atoms with Gasteiger partial charge >= 0.3 is 0 Å². The van der Waals surface area contributed by atoms with Crippen molar-refractivity contribution in [1.29, 1.82) is 0 Å². The number of anilines is 2. The van der Waals surface area contributed by atoms with Gasteiger partial charge < -0.3 is 15.5 Å². The molecule has 31 heavy (non-hydrogen) atoms. The number of carbonyl (C=O) groups excluding carboxylic acids is 1. The highest BCUT2D eigenvalue weighted by Crippen LogP contribution is 2.27. The molecule has 0 unspecified atom stereocenters. The summed E-state index contributed by atoms with van der Waals surface area (Å²) in [6.07, 6.45) is 5.16. The third kappa shape index (κ3) is 3.97. The summed E-state index contributed by atoms with van der Waals surface area (Å²) >= 11 is 6.12. The molecule has 156 valence electrons. The largest absolute Gasteiger partial charge is 0.368 e. The van der Waals surface area contributed by atoms with Gasteiger partial charge in [0.05, 0.1) is 29.8 Å². The molecule has 5 rings (SSSR count). The zero-order chi connectivity index (χ0) is 21.2. The van der Waals surface area contributed by atoms with E-state index in [1.165, 1.54) is 0 Å². The van der Waals surface area contributed by atoms with Gasteiger partial charge in [-0.1, -0.05) is 35.9 Å². The normalized spacial score (nSPS) is 14.0. The number of aromatic nitrogens is 3. The molecule has 1 saturated heterocycles. The smallest absolute Gasteiger partial charge is 0.257 e. The van der Waals surface area contributed by atoms with Crippen LogP contribution in [0.2, 0.25) is 5.02 Å². The molecule has 1 fully saturated rings. The molecule has 8 heteroatoms. The zero-order valence-electron chi connectivity index (χ0n) is 16.8. The number of hydrogen-bond donors (Lipinski definition) is 2. The molecule has 2 N–H and O–H groups in total. The lowest BCUT2D eigenvalue weighted by Crippen LogP contribution is -2.44. The summed E-state index contributed by atoms with van der Waals surface area (Å²) in [6.45, 7) is 3.56. The van der Waals surface area contributed by atoms with E-state index >= 15 is 0 Å². The summed E-state index contributed by atoms with van der Waals surface area (Å²) < 4.78 is 1.66. The van der Waals surface area contributed by atoms with Gasteiger partial charge in [-0.15, -0.1) is 0 Å². The summed E-state index contributed by atoms with van der Waals surface area (Å²) in [5.41, 5.74) is 4.68. The van der Waals surface area contributed by atoms with Crippen molar-refractivity contribution >= 4 is 34.5 Å². The fourth-order valence-electron chi connectivity index (χ4n) is 3.84. The van der Waals surface area contributed by atoms with Crippen molar-refractivity contribution < 1.29 is 4.79 Å². The number of halogens is 1. The zero-order valence-corrected chi connectivity index (χ0v) is 17.5. The van der Waals surface area contributed by atoms with Gasteiger partial charge in [0.1, 0.15) is 0 Å². The summed E-state index contributed by atoms with van der Waals surface area (Å²) in [5, 5.41) is 11.4. The molecular formula is C23H21ClN6O. The number of carbonyl (C=O) groups is 1. The standard InChI is InChI=1S/C23H21ClN6O/c24-17-5-3-4-16(12-17)20-14-27-30-15-18(13-26-22(20)30)28-23(31)19-6-1-2-7-21(19)29-10-8-25-9-11-29/h1-7,12-15,25H,8-11H2,(H,28,31). The van der Waals surface area contributed by atoms with Gasteiger partial charge in [-0.05, 0) is 29.8 Å². The molecule has 0 atom stereocenters. The molecule has 3 heterocycles. The lowest BCUT2D eigenvalue weighted by Gasteiger charge is -2.30. The number of hydrogen-bond acceptors (Lipinski definition) is 5. The number of nitrogens with one attached hydrogen (secondary N) is 2. The highest BCUT2D eigenvalue weighted by molar-refractivity contribution is 6.30. The molecule has 1 amide bonds. The van der Waals surface area contributed by atoms with Gasteiger partial charge in [0.25, 0.3) is 5.91 Å². The Bertz CT molecular complexity index is 1250. The predicted molar refractivity (Wildman–Crippen MR) is 123 cm³/mol. The molecule has 0 spiro atoms. The van der Waals surface area contributed by atoms with Gasteiger partial charge in [0, 0.05) is 42.5 Å². The summed E-state index contributed by atoms with van der Waals surface area (Å²) in [6, 6.07) is 15.3. The van der Waals surface area contributed by atoms with E-state index in [1.54, 1.807) is 23.1 Å². The van der Waals surface area contributed by atoms with E-state index in [9.17, 15) is 4.79 Å². The monoisotopic (exact) mass is 432 g/mol. The summed E-state index contributed by atoms with van der Waals surface area (Å²) in [5.74, 6) is -0.169. The minimum atomic E-state index is -0.169. The number of fused-ring (bicyclic) bond motifs is 1. The van der Waals surface area contributed by atoms with E-state index < -0.39 is 0 Å². The first kappa shape index (κ1) is 19.5. The van der Waals surface area contributed by atoms with Crippen molar-refractivity contribution in [2.45, 2.75) is 0 Å². The Morgan fingerprint density at radius 1 is 1.06 bits per heavy atom. The molecule has 4 aromatic rings. The number of amides is 1. The van der Waals surface area contributed by atoms with Crippen LogP contribution < -0.4 is 15.5 Å². The highest BCUT2D eigenvalue weighted by Gasteiger charge is 2.18. The Hall–Kier alpha value is -3.42. The SMILES string of the molecule is O=C(Nc1cnc2c(-c3cccc(Cl)c3)cnn2c1)c1ccccc1N1CCNCC1. The van der Waals surface area contributed by atoms with Crippen LogP contribution in [0.15, 0.2) is 67.1 Å². The van der Waals surface area contributed by atoms with Gasteiger partial charge in [0.2, 0.25) is 0 Å². The second-order valence-electron chi connectivity index (χ2n) is 7.39. The fourth-order valence-corrected chi connectivity index (χ4v) is 4.03. The third-order valence-electron chi connectivity index (χ3n) is 5.36. The lowest BCUT2D eigenvalue weighted by molar-refractivity contribution is 0.102. The Balaban J connectivity index is 1.41. The summed E-state index contributed by atoms with van der Waals surface area (Å²) in [4.78, 5) is 19.8. The van der Waals surface area contributed by atoms with E-state index in [1.807, 2.05) is 48.5 Å². The molecule has 0 saturated carbocycles. The second-order valence-corrected chi connectivity index (χ2v) is 7.82. The van der Waals surface area contributed by atoms with Crippen molar-refractivity contribution in [3.63, 3.8) is 0 Å². The Morgan fingerprint density at radius 3 is 2.74 bits per heavy atom. The van der Waals surface area contributed by atoms with Crippen molar-refractivity contribution in [2.24, 2.45) is 0 Å². The predicted octanol–water partition coefficient (Wildman–Crippen LogP) is 3.71. The number of para-hydroxylation sites is 1. The number of piperazine rings is 1. The molecule has 2 aromatic carbocycles. The number of rotatable bonds is 4. The lowest BCUT2D eigenvalue weighted by atomic mass is 10.1. The molecule has 7 nitrogen and oxygen atoms in total. The van der Waals surface area contributed by atoms with Crippen LogP contribution in [0.5, 0.6) is 0 Å². The molecule has 1 aliphatic rings. The molecule has 0 bridgehead atoms. The first-order chi connectivity index (χ1) is 15.2. The first-order valence-electron chi connectivity index (χ1n) is 10.1. The van der Waals surface area contributed by atoms with Crippen LogP contribution in [-0.2, 0) is 0 Å². The van der Waals surface area contributed by atoms with Crippen molar-refractivity contribution in [3.05, 3.63) is 77.7 Å². The minimum Gasteiger partial charge on any atom is -0.368 e. The molecule has 2 aromatic heterocycles. The van der Waals surface area contributed by atoms with Gasteiger partial charge in [0.15, 0.2) is 5.65 Å². The van der Waals surface area contributed by atoms with Crippen LogP contribution in [0.3, 0.4) is 0 Å². The third-order valence-corrected chi connectivity index (χ3v) is 5.59. The molecule has 0 radical (unpaired) electrons. The van der Waals surface area contributed by atoms with Crippen LogP contribution >= 0.6 is 11.6 Å². The Morgan fingerprint density at radius 2 is 1.90 bits per heavy atom. The average Bonchev–Trinajstić information content (AvgIpc) is 3.23. The van der Waals surface area contributed by atoms with E-state index in [-0.39, 0.29) is 5.91 Å². The second kappa shape index (κ2) is 8.37. The van der Waals surface area contributed by atoms with Crippen LogP contribution in [0.1, 0.15) is 10.4 Å². The van der Waals surface area contributed by atoms with E-state index in [2.05, 4.69) is 25.6 Å². The van der Waals surface area contributed by atoms with Gasteiger partial charge in [-0.25, -0.2) is 9.50 Å². The maximum absolute atomic E-state index is 13.1. The summed E-state index contributed by atoms with van der Waals surface area (Å²) in [7, 11) is 0. The van der Waals surface area contributed by atoms with Crippen molar-refractivity contribution in [1.82, 2.24) is 19.9 Å². The van der Waals surface area contributed by atoms with Crippen molar-refractivity contribution in [2.75, 3.05) is 36.4 Å². The fraction of sp³-hybridized carbons (Fsp3) is 0.174. The van der Waals surface area contributed by atoms with Crippen molar-refractivity contribution in [3.8, 4) is 11.1 Å². The van der Waals surface area contributed by atoms with Crippen LogP contribution in [0.4, 0.5) is 11.4 Å². The van der Waals surface area contributed by atoms with Gasteiger partial charge in [-0.2, -0.15) is 5.10 Å². The quantitative estimate of drug-likeness (QED) is 0.514. The van der Waals surface area contributed by atoms with Crippen LogP contribution in [-0.4, -0.2) is 46.7 Å². The number of benzene rings is 2. The highest BCUT2D eigenvalue weighted by atomic mass is 35.5. The van der Waals surface area contributed by atoms with Crippen LogP contribution in [0, 0.1) is 0 Å². The Kier molecular flexibility index (Phi) is 5.28. The Labute approximate surface area is 184 Å². The molecular weight excluding hydrogens is 412 g/mol. The van der Waals surface area contributed by atoms with E-state index in [0.717, 1.165) is 43.0 Å². The topological polar surface area (TPSA) is 74.6 Å². The maximum Gasteiger partial charge on any atom is 0.257 e. The molecule has 1 aliphatic heterocycles. The van der Waals surface area contributed by atoms with Crippen LogP contribution in [0.25, 0.3) is 16.8 Å². The van der Waals surface area contributed by atoms with E-state index in [0.29, 0.717) is 21.9 Å².